The summed E-state index contributed by atoms with van der Waals surface area (Å²) in [5.41, 5.74) is 1.37. The molecule has 0 aliphatic carbocycles. The molecule has 2 nitrogen and oxygen atoms in total. The highest BCUT2D eigenvalue weighted by Gasteiger charge is 2.00. The first-order valence-corrected chi connectivity index (χ1v) is 7.18. The summed E-state index contributed by atoms with van der Waals surface area (Å²) < 4.78 is 5.74. The van der Waals surface area contributed by atoms with Crippen molar-refractivity contribution in [2.24, 2.45) is 5.92 Å². The molecule has 1 N–H and O–H groups in total. The second kappa shape index (κ2) is 8.98. The van der Waals surface area contributed by atoms with E-state index in [9.17, 15) is 0 Å². The third kappa shape index (κ3) is 6.06. The van der Waals surface area contributed by atoms with E-state index in [4.69, 9.17) is 4.74 Å². The topological polar surface area (TPSA) is 21.3 Å². The van der Waals surface area contributed by atoms with Crippen molar-refractivity contribution in [2.75, 3.05) is 19.7 Å². The van der Waals surface area contributed by atoms with Crippen molar-refractivity contribution >= 4 is 0 Å². The molecule has 0 aliphatic rings. The molecule has 0 fully saturated rings. The Morgan fingerprint density at radius 3 is 2.44 bits per heavy atom. The van der Waals surface area contributed by atoms with Crippen molar-refractivity contribution in [3.8, 4) is 5.75 Å². The molecular formula is C16H27NO. The molecule has 1 atom stereocenters. The predicted octanol–water partition coefficient (Wildman–Crippen LogP) is 3.65. The van der Waals surface area contributed by atoms with Gasteiger partial charge in [0.2, 0.25) is 0 Å². The largest absolute Gasteiger partial charge is 0.493 e. The highest BCUT2D eigenvalue weighted by atomic mass is 16.5. The number of hydrogen-bond donors (Lipinski definition) is 1. The fraction of sp³-hybridized carbons (Fsp3) is 0.625. The molecule has 1 unspecified atom stereocenters. The Bertz CT molecular complexity index is 307. The van der Waals surface area contributed by atoms with E-state index in [-0.39, 0.29) is 0 Å². The maximum absolute atomic E-state index is 5.74. The molecule has 0 spiro atoms. The maximum atomic E-state index is 5.74. The van der Waals surface area contributed by atoms with Gasteiger partial charge in [0.25, 0.3) is 0 Å². The van der Waals surface area contributed by atoms with Crippen LogP contribution < -0.4 is 10.1 Å². The summed E-state index contributed by atoms with van der Waals surface area (Å²) in [7, 11) is 0. The zero-order valence-corrected chi connectivity index (χ0v) is 12.0. The van der Waals surface area contributed by atoms with Gasteiger partial charge in [0, 0.05) is 0 Å². The molecule has 0 aromatic heterocycles. The molecule has 0 heterocycles. The molecule has 0 radical (unpaired) electrons. The second-order valence-electron chi connectivity index (χ2n) is 4.97. The maximum Gasteiger partial charge on any atom is 0.119 e. The van der Waals surface area contributed by atoms with Gasteiger partial charge in [0.15, 0.2) is 0 Å². The fourth-order valence-corrected chi connectivity index (χ4v) is 1.64. The van der Waals surface area contributed by atoms with Crippen molar-refractivity contribution in [1.82, 2.24) is 5.32 Å². The van der Waals surface area contributed by atoms with Crippen LogP contribution in [0.15, 0.2) is 24.3 Å². The van der Waals surface area contributed by atoms with Gasteiger partial charge < -0.3 is 10.1 Å². The van der Waals surface area contributed by atoms with E-state index in [1.807, 2.05) is 0 Å². The number of hydrogen-bond acceptors (Lipinski definition) is 2. The Balaban J connectivity index is 2.28. The summed E-state index contributed by atoms with van der Waals surface area (Å²) in [6.45, 7) is 9.58. The lowest BCUT2D eigenvalue weighted by Gasteiger charge is -2.11. The number of nitrogens with one attached hydrogen (secondary N) is 1. The van der Waals surface area contributed by atoms with Gasteiger partial charge in [0.05, 0.1) is 6.61 Å². The first-order chi connectivity index (χ1) is 8.76. The SMILES string of the molecule is CCCNCCc1ccc(OCC(C)CC)cc1. The average molecular weight is 249 g/mol. The van der Waals surface area contributed by atoms with Crippen LogP contribution in [0.25, 0.3) is 0 Å². The molecule has 102 valence electrons. The summed E-state index contributed by atoms with van der Waals surface area (Å²) in [4.78, 5) is 0. The van der Waals surface area contributed by atoms with E-state index in [2.05, 4.69) is 50.4 Å². The highest BCUT2D eigenvalue weighted by Crippen LogP contribution is 2.14. The molecule has 0 saturated carbocycles. The summed E-state index contributed by atoms with van der Waals surface area (Å²) in [5.74, 6) is 1.61. The van der Waals surface area contributed by atoms with E-state index in [0.29, 0.717) is 5.92 Å². The van der Waals surface area contributed by atoms with Gasteiger partial charge in [-0.25, -0.2) is 0 Å². The van der Waals surface area contributed by atoms with Gasteiger partial charge in [-0.1, -0.05) is 39.3 Å². The van der Waals surface area contributed by atoms with Crippen LogP contribution in [0.3, 0.4) is 0 Å². The number of benzene rings is 1. The lowest BCUT2D eigenvalue weighted by molar-refractivity contribution is 0.256. The Labute approximate surface area is 112 Å². The minimum absolute atomic E-state index is 0.628. The van der Waals surface area contributed by atoms with E-state index in [1.165, 1.54) is 18.4 Å². The van der Waals surface area contributed by atoms with Gasteiger partial charge >= 0.3 is 0 Å². The van der Waals surface area contributed by atoms with Crippen LogP contribution >= 0.6 is 0 Å². The van der Waals surface area contributed by atoms with Gasteiger partial charge in [-0.15, -0.1) is 0 Å². The fourth-order valence-electron chi connectivity index (χ4n) is 1.64. The molecule has 2 heteroatoms. The molecular weight excluding hydrogens is 222 g/mol. The highest BCUT2D eigenvalue weighted by molar-refractivity contribution is 5.27. The second-order valence-corrected chi connectivity index (χ2v) is 4.97. The summed E-state index contributed by atoms with van der Waals surface area (Å²) in [5, 5.41) is 3.41. The first kappa shape index (κ1) is 15.0. The van der Waals surface area contributed by atoms with Crippen molar-refractivity contribution in [2.45, 2.75) is 40.0 Å². The van der Waals surface area contributed by atoms with Crippen LogP contribution in [0.4, 0.5) is 0 Å². The van der Waals surface area contributed by atoms with Crippen molar-refractivity contribution in [1.29, 1.82) is 0 Å². The zero-order valence-electron chi connectivity index (χ0n) is 12.0. The summed E-state index contributed by atoms with van der Waals surface area (Å²) in [6.07, 6.45) is 3.45. The van der Waals surface area contributed by atoms with Crippen LogP contribution in [0.1, 0.15) is 39.2 Å². The predicted molar refractivity (Wildman–Crippen MR) is 78.3 cm³/mol. The Hall–Kier alpha value is -1.02. The minimum atomic E-state index is 0.628. The van der Waals surface area contributed by atoms with Gasteiger partial charge in [-0.2, -0.15) is 0 Å². The van der Waals surface area contributed by atoms with Gasteiger partial charge in [0.1, 0.15) is 5.75 Å². The van der Waals surface area contributed by atoms with E-state index in [1.54, 1.807) is 0 Å². The Kier molecular flexibility index (Phi) is 7.51. The van der Waals surface area contributed by atoms with E-state index < -0.39 is 0 Å². The third-order valence-electron chi connectivity index (χ3n) is 3.17. The normalized spacial score (nSPS) is 12.4. The zero-order chi connectivity index (χ0) is 13.2. The monoisotopic (exact) mass is 249 g/mol. The van der Waals surface area contributed by atoms with E-state index in [0.717, 1.165) is 31.9 Å². The summed E-state index contributed by atoms with van der Waals surface area (Å²) in [6, 6.07) is 8.49. The molecule has 0 bridgehead atoms. The molecule has 1 aromatic rings. The quantitative estimate of drug-likeness (QED) is 0.674. The molecule has 0 aliphatic heterocycles. The molecule has 0 saturated heterocycles. The first-order valence-electron chi connectivity index (χ1n) is 7.18. The van der Waals surface area contributed by atoms with Crippen molar-refractivity contribution in [3.63, 3.8) is 0 Å². The van der Waals surface area contributed by atoms with Crippen molar-refractivity contribution in [3.05, 3.63) is 29.8 Å². The molecule has 1 aromatic carbocycles. The molecule has 18 heavy (non-hydrogen) atoms. The van der Waals surface area contributed by atoms with Crippen molar-refractivity contribution < 1.29 is 4.74 Å². The van der Waals surface area contributed by atoms with Crippen LogP contribution in [0.5, 0.6) is 5.75 Å². The van der Waals surface area contributed by atoms with Crippen LogP contribution in [-0.2, 0) is 6.42 Å². The van der Waals surface area contributed by atoms with Crippen LogP contribution in [-0.4, -0.2) is 19.7 Å². The Morgan fingerprint density at radius 1 is 1.11 bits per heavy atom. The third-order valence-corrected chi connectivity index (χ3v) is 3.17. The molecule has 1 rings (SSSR count). The van der Waals surface area contributed by atoms with Crippen LogP contribution in [0.2, 0.25) is 0 Å². The van der Waals surface area contributed by atoms with Gasteiger partial charge in [-0.05, 0) is 49.5 Å². The van der Waals surface area contributed by atoms with Gasteiger partial charge in [-0.3, -0.25) is 0 Å². The summed E-state index contributed by atoms with van der Waals surface area (Å²) >= 11 is 0. The lowest BCUT2D eigenvalue weighted by Crippen LogP contribution is -2.17. The molecule has 0 amide bonds. The lowest BCUT2D eigenvalue weighted by atomic mass is 10.1. The van der Waals surface area contributed by atoms with Crippen LogP contribution in [0, 0.1) is 5.92 Å². The Morgan fingerprint density at radius 2 is 1.83 bits per heavy atom. The minimum Gasteiger partial charge on any atom is -0.493 e. The van der Waals surface area contributed by atoms with E-state index >= 15 is 0 Å². The standard InChI is InChI=1S/C16H27NO/c1-4-11-17-12-10-15-6-8-16(9-7-15)18-13-14(3)5-2/h6-9,14,17H,4-5,10-13H2,1-3H3. The number of rotatable bonds is 9. The average Bonchev–Trinajstić information content (AvgIpc) is 2.42. The smallest absolute Gasteiger partial charge is 0.119 e. The number of ether oxygens (including phenoxy) is 1.